The number of carbonyl (C=O) groups is 2. The zero-order chi connectivity index (χ0) is 41.5. The minimum atomic E-state index is -4.35. The molecule has 3 N–H and O–H groups in total. The molecule has 1 unspecified atom stereocenters. The Bertz CT molecular complexity index is 2550. The first-order valence-electron chi connectivity index (χ1n) is 20.0. The number of hydrogen-bond acceptors (Lipinski definition) is 9. The van der Waals surface area contributed by atoms with E-state index >= 15 is 0 Å². The highest BCUT2D eigenvalue weighted by Crippen LogP contribution is 2.38. The van der Waals surface area contributed by atoms with Crippen LogP contribution >= 0.6 is 11.3 Å². The van der Waals surface area contributed by atoms with E-state index < -0.39 is 27.9 Å². The summed E-state index contributed by atoms with van der Waals surface area (Å²) < 4.78 is 37.9. The van der Waals surface area contributed by atoms with Gasteiger partial charge in [-0.3, -0.25) is 4.79 Å². The van der Waals surface area contributed by atoms with Gasteiger partial charge in [-0.15, -0.1) is 0 Å². The number of unbranched alkanes of at least 4 members (excludes halogenated alkanes) is 1. The average Bonchev–Trinajstić information content (AvgIpc) is 3.74. The van der Waals surface area contributed by atoms with Crippen LogP contribution in [0, 0.1) is 6.92 Å². The summed E-state index contributed by atoms with van der Waals surface area (Å²) in [7, 11) is -4.35. The maximum absolute atomic E-state index is 13.1. The number of aromatic nitrogens is 1. The molecule has 0 saturated carbocycles. The molecule has 11 nitrogen and oxygen atoms in total. The fraction of sp³-hybridized carbons (Fsp3) is 0.283. The van der Waals surface area contributed by atoms with Gasteiger partial charge in [0.05, 0.1) is 21.5 Å². The Morgan fingerprint density at radius 3 is 2.59 bits per heavy atom. The van der Waals surface area contributed by atoms with E-state index in [-0.39, 0.29) is 12.3 Å². The van der Waals surface area contributed by atoms with Crippen molar-refractivity contribution in [3.63, 3.8) is 0 Å². The molecule has 1 aromatic heterocycles. The fourth-order valence-electron chi connectivity index (χ4n) is 7.62. The predicted octanol–water partition coefficient (Wildman–Crippen LogP) is 8.69. The number of hydrogen-bond donors (Lipinski definition) is 3. The van der Waals surface area contributed by atoms with E-state index in [1.165, 1.54) is 0 Å². The van der Waals surface area contributed by atoms with Gasteiger partial charge in [0.25, 0.3) is 5.01 Å². The number of rotatable bonds is 16. The number of thiazole rings is 1. The number of carbonyl (C=O) groups excluding carboxylic acids is 1. The lowest BCUT2D eigenvalue weighted by Gasteiger charge is -2.32. The van der Waals surface area contributed by atoms with Gasteiger partial charge in [0.2, 0.25) is 11.4 Å². The summed E-state index contributed by atoms with van der Waals surface area (Å²) in [5.41, 5.74) is 8.81. The van der Waals surface area contributed by atoms with Crippen LogP contribution in [0.3, 0.4) is 0 Å². The van der Waals surface area contributed by atoms with E-state index in [1.54, 1.807) is 11.3 Å². The zero-order valence-corrected chi connectivity index (χ0v) is 34.9. The van der Waals surface area contributed by atoms with Crippen molar-refractivity contribution in [2.24, 2.45) is 0 Å². The minimum absolute atomic E-state index is 0.0985. The van der Waals surface area contributed by atoms with Crippen LogP contribution in [0.2, 0.25) is 0 Å². The summed E-state index contributed by atoms with van der Waals surface area (Å²) in [6, 6.07) is 29.5. The van der Waals surface area contributed by atoms with E-state index in [0.717, 1.165) is 73.2 Å². The number of nitrogens with zero attached hydrogens (tertiary/aromatic N) is 3. The van der Waals surface area contributed by atoms with Crippen LogP contribution in [0.1, 0.15) is 56.0 Å². The summed E-state index contributed by atoms with van der Waals surface area (Å²) in [6.45, 7) is 5.74. The van der Waals surface area contributed by atoms with Crippen molar-refractivity contribution in [2.45, 2.75) is 65.0 Å². The summed E-state index contributed by atoms with van der Waals surface area (Å²) in [6.07, 6.45) is 11.3. The maximum atomic E-state index is 13.1. The maximum Gasteiger partial charge on any atom is 0.326 e. The SMILES string of the molecule is CCC(=Cc1sc2ccc(-c3ccccc3)cc2[n+]1CCCS(=O)(=O)[O-])C=C1Nc2ccc(C)cc2N1CCCCC(=O)Nc1cccc(N2CC=CCC2C(=O)O)c1. The van der Waals surface area contributed by atoms with E-state index in [1.807, 2.05) is 59.5 Å². The molecule has 5 aromatic rings. The van der Waals surface area contributed by atoms with Crippen molar-refractivity contribution in [3.05, 3.63) is 131 Å². The average molecular weight is 832 g/mol. The first kappa shape index (κ1) is 41.4. The van der Waals surface area contributed by atoms with Crippen LogP contribution in [0.5, 0.6) is 0 Å². The highest BCUT2D eigenvalue weighted by Gasteiger charge is 2.27. The largest absolute Gasteiger partial charge is 0.748 e. The third-order valence-electron chi connectivity index (χ3n) is 10.6. The molecular weight excluding hydrogens is 783 g/mol. The van der Waals surface area contributed by atoms with Crippen LogP contribution < -0.4 is 25.0 Å². The highest BCUT2D eigenvalue weighted by atomic mass is 32.2. The number of allylic oxidation sites excluding steroid dienone is 2. The van der Waals surface area contributed by atoms with E-state index in [0.29, 0.717) is 44.6 Å². The molecule has 0 radical (unpaired) electrons. The predicted molar refractivity (Wildman–Crippen MR) is 237 cm³/mol. The van der Waals surface area contributed by atoms with E-state index in [4.69, 9.17) is 0 Å². The molecule has 7 rings (SSSR count). The third kappa shape index (κ3) is 10.3. The topological polar surface area (TPSA) is 146 Å². The lowest BCUT2D eigenvalue weighted by atomic mass is 10.1. The molecular formula is C46H49N5O6S2. The second-order valence-electron chi connectivity index (χ2n) is 14.9. The number of aliphatic carboxylic acids is 1. The summed E-state index contributed by atoms with van der Waals surface area (Å²) >= 11 is 1.64. The number of carboxylic acids is 1. The van der Waals surface area contributed by atoms with Crippen molar-refractivity contribution in [1.82, 2.24) is 0 Å². The Kier molecular flexibility index (Phi) is 12.9. The lowest BCUT2D eigenvalue weighted by Crippen LogP contribution is -2.43. The van der Waals surface area contributed by atoms with E-state index in [9.17, 15) is 27.7 Å². The molecule has 2 aliphatic heterocycles. The van der Waals surface area contributed by atoms with Gasteiger partial charge in [-0.1, -0.05) is 78.9 Å². The first-order valence-corrected chi connectivity index (χ1v) is 22.4. The van der Waals surface area contributed by atoms with Gasteiger partial charge >= 0.3 is 5.97 Å². The number of aryl methyl sites for hydroxylation is 2. The highest BCUT2D eigenvalue weighted by molar-refractivity contribution is 7.85. The van der Waals surface area contributed by atoms with Crippen LogP contribution in [0.15, 0.2) is 121 Å². The van der Waals surface area contributed by atoms with Gasteiger partial charge < -0.3 is 30.1 Å². The standard InChI is InChI=1S/C46H49N5O6S2/c1-3-33(29-45-51(25-12-26-59(55,56)57)41-30-35(20-22-42(41)58-45)34-13-5-4-6-14-34)28-43-48-38-21-19-32(2)27-40(38)50(43)24-10-8-18-44(52)47-36-15-11-16-37(31-36)49-23-9-7-17-39(49)46(53)54/h4-7,9,11,13-16,19-22,27-31,39H,3,8,10,12,17-18,23-26H2,1-2H3,(H3,47,52,53,54,55,56,57). The first-order chi connectivity index (χ1) is 28.5. The van der Waals surface area contributed by atoms with Crippen molar-refractivity contribution >= 4 is 72.4 Å². The molecule has 4 aromatic carbocycles. The van der Waals surface area contributed by atoms with Crippen molar-refractivity contribution in [3.8, 4) is 11.1 Å². The van der Waals surface area contributed by atoms with Gasteiger partial charge in [0.1, 0.15) is 16.6 Å². The number of amides is 1. The minimum Gasteiger partial charge on any atom is -0.748 e. The Balaban J connectivity index is 1.08. The second-order valence-corrected chi connectivity index (χ2v) is 17.5. The van der Waals surface area contributed by atoms with Crippen molar-refractivity contribution < 1.29 is 32.2 Å². The van der Waals surface area contributed by atoms with Gasteiger partial charge in [0, 0.05) is 55.2 Å². The molecule has 0 spiro atoms. The van der Waals surface area contributed by atoms with Gasteiger partial charge in [-0.05, 0) is 97.3 Å². The number of carboxylic acid groups (broad SMARTS) is 1. The normalized spacial score (nSPS) is 16.1. The molecule has 0 fully saturated rings. The molecule has 59 heavy (non-hydrogen) atoms. The van der Waals surface area contributed by atoms with Crippen LogP contribution in [0.4, 0.5) is 22.7 Å². The number of anilines is 4. The molecule has 13 heteroatoms. The molecule has 3 heterocycles. The van der Waals surface area contributed by atoms with Crippen molar-refractivity contribution in [2.75, 3.05) is 39.3 Å². The summed E-state index contributed by atoms with van der Waals surface area (Å²) in [5.74, 6) is -0.468. The molecule has 1 amide bonds. The Morgan fingerprint density at radius 1 is 0.983 bits per heavy atom. The smallest absolute Gasteiger partial charge is 0.326 e. The van der Waals surface area contributed by atoms with Gasteiger partial charge in [-0.25, -0.2) is 13.2 Å². The molecule has 306 valence electrons. The third-order valence-corrected chi connectivity index (χ3v) is 12.5. The monoisotopic (exact) mass is 831 g/mol. The van der Waals surface area contributed by atoms with Gasteiger partial charge in [0.15, 0.2) is 6.54 Å². The van der Waals surface area contributed by atoms with Crippen LogP contribution in [0.25, 0.3) is 27.4 Å². The number of nitrogens with one attached hydrogen (secondary N) is 2. The molecule has 1 atom stereocenters. The summed E-state index contributed by atoms with van der Waals surface area (Å²) in [5, 5.41) is 17.3. The fourth-order valence-corrected chi connectivity index (χ4v) is 9.25. The molecule has 0 bridgehead atoms. The van der Waals surface area contributed by atoms with Crippen LogP contribution in [-0.4, -0.2) is 54.8 Å². The van der Waals surface area contributed by atoms with Crippen LogP contribution in [-0.2, 0) is 26.3 Å². The lowest BCUT2D eigenvalue weighted by molar-refractivity contribution is -0.668. The number of fused-ring (bicyclic) bond motifs is 2. The van der Waals surface area contributed by atoms with E-state index in [2.05, 4.69) is 94.6 Å². The van der Waals surface area contributed by atoms with Gasteiger partial charge in [-0.2, -0.15) is 4.57 Å². The number of benzene rings is 4. The molecule has 0 saturated heterocycles. The van der Waals surface area contributed by atoms with Crippen molar-refractivity contribution in [1.29, 1.82) is 0 Å². The Hall–Kier alpha value is -5.76. The molecule has 0 aliphatic carbocycles. The Labute approximate surface area is 349 Å². The quantitative estimate of drug-likeness (QED) is 0.0385. The zero-order valence-electron chi connectivity index (χ0n) is 33.3. The molecule has 2 aliphatic rings. The second kappa shape index (κ2) is 18.4. The summed E-state index contributed by atoms with van der Waals surface area (Å²) in [4.78, 5) is 29.1. The Morgan fingerprint density at radius 2 is 1.81 bits per heavy atom.